The van der Waals surface area contributed by atoms with Gasteiger partial charge in [-0.05, 0) is 51.0 Å². The quantitative estimate of drug-likeness (QED) is 0.613. The zero-order valence-electron chi connectivity index (χ0n) is 14.4. The smallest absolute Gasteiger partial charge is 0.169 e. The standard InChI is InChI=1S/C20H26O3/c1-5-15(3)21-17-11-7-9-13-19(17)23-20-14-10-8-12-18(20)22-16(4)6-2/h7-16H,5-6H2,1-4H3. The highest BCUT2D eigenvalue weighted by Crippen LogP contribution is 2.37. The van der Waals surface area contributed by atoms with Gasteiger partial charge in [-0.15, -0.1) is 0 Å². The summed E-state index contributed by atoms with van der Waals surface area (Å²) in [6, 6.07) is 15.5. The summed E-state index contributed by atoms with van der Waals surface area (Å²) in [5, 5.41) is 0. The Morgan fingerprint density at radius 2 is 1.00 bits per heavy atom. The van der Waals surface area contributed by atoms with Crippen LogP contribution >= 0.6 is 0 Å². The van der Waals surface area contributed by atoms with Gasteiger partial charge < -0.3 is 14.2 Å². The van der Waals surface area contributed by atoms with Crippen LogP contribution in [-0.4, -0.2) is 12.2 Å². The fourth-order valence-electron chi connectivity index (χ4n) is 1.98. The number of hydrogen-bond donors (Lipinski definition) is 0. The third kappa shape index (κ3) is 4.92. The molecule has 0 N–H and O–H groups in total. The monoisotopic (exact) mass is 314 g/mol. The topological polar surface area (TPSA) is 27.7 Å². The van der Waals surface area contributed by atoms with E-state index in [1.165, 1.54) is 0 Å². The normalized spacial score (nSPS) is 13.2. The van der Waals surface area contributed by atoms with E-state index < -0.39 is 0 Å². The Morgan fingerprint density at radius 3 is 1.35 bits per heavy atom. The zero-order valence-corrected chi connectivity index (χ0v) is 14.4. The molecule has 0 amide bonds. The molecule has 0 aromatic heterocycles. The van der Waals surface area contributed by atoms with E-state index in [0.717, 1.165) is 24.3 Å². The van der Waals surface area contributed by atoms with Crippen molar-refractivity contribution in [3.05, 3.63) is 48.5 Å². The minimum atomic E-state index is 0.145. The molecule has 0 spiro atoms. The molecular weight excluding hydrogens is 288 g/mol. The summed E-state index contributed by atoms with van der Waals surface area (Å²) < 4.78 is 18.0. The maximum atomic E-state index is 6.08. The first-order valence-corrected chi connectivity index (χ1v) is 8.33. The van der Waals surface area contributed by atoms with Crippen molar-refractivity contribution in [2.75, 3.05) is 0 Å². The van der Waals surface area contributed by atoms with Gasteiger partial charge in [-0.2, -0.15) is 0 Å². The molecule has 0 aliphatic heterocycles. The minimum Gasteiger partial charge on any atom is -0.487 e. The Balaban J connectivity index is 2.22. The van der Waals surface area contributed by atoms with E-state index in [1.807, 2.05) is 48.5 Å². The number of ether oxygens (including phenoxy) is 3. The van der Waals surface area contributed by atoms with E-state index in [0.29, 0.717) is 11.5 Å². The van der Waals surface area contributed by atoms with E-state index in [9.17, 15) is 0 Å². The summed E-state index contributed by atoms with van der Waals surface area (Å²) in [6.07, 6.45) is 2.18. The summed E-state index contributed by atoms with van der Waals surface area (Å²) in [5.41, 5.74) is 0. The molecule has 124 valence electrons. The second-order valence-electron chi connectivity index (χ2n) is 5.67. The molecule has 0 fully saturated rings. The molecule has 3 heteroatoms. The lowest BCUT2D eigenvalue weighted by molar-refractivity contribution is 0.202. The summed E-state index contributed by atoms with van der Waals surface area (Å²) in [4.78, 5) is 0. The zero-order chi connectivity index (χ0) is 16.7. The number of rotatable bonds is 8. The van der Waals surface area contributed by atoms with E-state index >= 15 is 0 Å². The van der Waals surface area contributed by atoms with Gasteiger partial charge in [0.25, 0.3) is 0 Å². The van der Waals surface area contributed by atoms with Crippen molar-refractivity contribution in [2.45, 2.75) is 52.7 Å². The van der Waals surface area contributed by atoms with Crippen molar-refractivity contribution in [2.24, 2.45) is 0 Å². The Labute approximate surface area is 139 Å². The Kier molecular flexibility index (Phi) is 6.33. The molecule has 2 rings (SSSR count). The van der Waals surface area contributed by atoms with Gasteiger partial charge >= 0.3 is 0 Å². The lowest BCUT2D eigenvalue weighted by Gasteiger charge is -2.19. The Bertz CT molecular complexity index is 556. The highest BCUT2D eigenvalue weighted by molar-refractivity contribution is 5.47. The fraction of sp³-hybridized carbons (Fsp3) is 0.400. The SMILES string of the molecule is CCC(C)Oc1ccccc1Oc1ccccc1OC(C)CC. The van der Waals surface area contributed by atoms with Crippen molar-refractivity contribution in [3.8, 4) is 23.0 Å². The molecule has 0 radical (unpaired) electrons. The predicted octanol–water partition coefficient (Wildman–Crippen LogP) is 5.83. The van der Waals surface area contributed by atoms with Crippen LogP contribution in [-0.2, 0) is 0 Å². The van der Waals surface area contributed by atoms with Crippen molar-refractivity contribution in [1.82, 2.24) is 0 Å². The first kappa shape index (κ1) is 17.2. The molecule has 3 nitrogen and oxygen atoms in total. The Hall–Kier alpha value is -2.16. The lowest BCUT2D eigenvalue weighted by atomic mass is 10.2. The van der Waals surface area contributed by atoms with Crippen molar-refractivity contribution >= 4 is 0 Å². The molecule has 0 saturated heterocycles. The summed E-state index contributed by atoms with van der Waals surface area (Å²) in [6.45, 7) is 8.31. The number of para-hydroxylation sites is 4. The summed E-state index contributed by atoms with van der Waals surface area (Å²) in [7, 11) is 0. The molecule has 23 heavy (non-hydrogen) atoms. The van der Waals surface area contributed by atoms with Gasteiger partial charge in [0.2, 0.25) is 0 Å². The highest BCUT2D eigenvalue weighted by atomic mass is 16.5. The van der Waals surface area contributed by atoms with Crippen LogP contribution in [0, 0.1) is 0 Å². The van der Waals surface area contributed by atoms with Crippen LogP contribution in [0.4, 0.5) is 0 Å². The fourth-order valence-corrected chi connectivity index (χ4v) is 1.98. The maximum absolute atomic E-state index is 6.08. The van der Waals surface area contributed by atoms with Crippen LogP contribution in [0.15, 0.2) is 48.5 Å². The molecule has 2 aromatic rings. The van der Waals surface area contributed by atoms with Gasteiger partial charge in [-0.1, -0.05) is 38.1 Å². The minimum absolute atomic E-state index is 0.145. The number of benzene rings is 2. The van der Waals surface area contributed by atoms with Crippen LogP contribution in [0.2, 0.25) is 0 Å². The first-order valence-electron chi connectivity index (χ1n) is 8.33. The van der Waals surface area contributed by atoms with Crippen molar-refractivity contribution < 1.29 is 14.2 Å². The molecular formula is C20H26O3. The van der Waals surface area contributed by atoms with Gasteiger partial charge in [-0.25, -0.2) is 0 Å². The molecule has 0 aliphatic carbocycles. The second kappa shape index (κ2) is 8.47. The van der Waals surface area contributed by atoms with Crippen molar-refractivity contribution in [3.63, 3.8) is 0 Å². The van der Waals surface area contributed by atoms with Crippen molar-refractivity contribution in [1.29, 1.82) is 0 Å². The van der Waals surface area contributed by atoms with Gasteiger partial charge in [0.1, 0.15) is 0 Å². The molecule has 0 aliphatic rings. The summed E-state index contributed by atoms with van der Waals surface area (Å²) >= 11 is 0. The van der Waals surface area contributed by atoms with Crippen LogP contribution in [0.5, 0.6) is 23.0 Å². The van der Waals surface area contributed by atoms with E-state index in [2.05, 4.69) is 27.7 Å². The average molecular weight is 314 g/mol. The highest BCUT2D eigenvalue weighted by Gasteiger charge is 2.12. The van der Waals surface area contributed by atoms with Crippen LogP contribution < -0.4 is 14.2 Å². The van der Waals surface area contributed by atoms with Crippen LogP contribution in [0.3, 0.4) is 0 Å². The molecule has 0 saturated carbocycles. The van der Waals surface area contributed by atoms with Gasteiger partial charge in [0.15, 0.2) is 23.0 Å². The van der Waals surface area contributed by atoms with Crippen LogP contribution in [0.1, 0.15) is 40.5 Å². The van der Waals surface area contributed by atoms with Crippen LogP contribution in [0.25, 0.3) is 0 Å². The Morgan fingerprint density at radius 1 is 0.652 bits per heavy atom. The summed E-state index contributed by atoms with van der Waals surface area (Å²) in [5.74, 6) is 2.90. The number of hydrogen-bond acceptors (Lipinski definition) is 3. The second-order valence-corrected chi connectivity index (χ2v) is 5.67. The molecule has 0 bridgehead atoms. The van der Waals surface area contributed by atoms with Gasteiger partial charge in [0, 0.05) is 0 Å². The predicted molar refractivity (Wildman–Crippen MR) is 93.7 cm³/mol. The largest absolute Gasteiger partial charge is 0.487 e. The van der Waals surface area contributed by atoms with Gasteiger partial charge in [0.05, 0.1) is 12.2 Å². The average Bonchev–Trinajstić information content (AvgIpc) is 2.58. The van der Waals surface area contributed by atoms with E-state index in [1.54, 1.807) is 0 Å². The first-order chi connectivity index (χ1) is 11.1. The van der Waals surface area contributed by atoms with Gasteiger partial charge in [-0.3, -0.25) is 0 Å². The third-order valence-corrected chi connectivity index (χ3v) is 3.72. The lowest BCUT2D eigenvalue weighted by Crippen LogP contribution is -2.11. The van der Waals surface area contributed by atoms with E-state index in [-0.39, 0.29) is 12.2 Å². The molecule has 2 aromatic carbocycles. The van der Waals surface area contributed by atoms with E-state index in [4.69, 9.17) is 14.2 Å². The maximum Gasteiger partial charge on any atom is 0.169 e. The third-order valence-electron chi connectivity index (χ3n) is 3.72. The molecule has 0 heterocycles. The molecule has 2 unspecified atom stereocenters. The molecule has 2 atom stereocenters.